The molecule has 0 aliphatic carbocycles. The molecule has 0 amide bonds. The molecule has 0 atom stereocenters. The van der Waals surface area contributed by atoms with E-state index in [-0.39, 0.29) is 5.82 Å². The molecular formula is C18H16FN3O2. The van der Waals surface area contributed by atoms with Crippen molar-refractivity contribution in [3.05, 3.63) is 54.5 Å². The van der Waals surface area contributed by atoms with Gasteiger partial charge in [-0.15, -0.1) is 5.10 Å². The highest BCUT2D eigenvalue weighted by molar-refractivity contribution is 5.92. The number of hydrogen-bond donors (Lipinski definition) is 0. The van der Waals surface area contributed by atoms with Gasteiger partial charge >= 0.3 is 0 Å². The molecule has 24 heavy (non-hydrogen) atoms. The highest BCUT2D eigenvalue weighted by Crippen LogP contribution is 2.29. The zero-order valence-corrected chi connectivity index (χ0v) is 13.0. The number of morpholine rings is 1. The third-order valence-corrected chi connectivity index (χ3v) is 3.97. The van der Waals surface area contributed by atoms with Gasteiger partial charge in [-0.1, -0.05) is 0 Å². The summed E-state index contributed by atoms with van der Waals surface area (Å²) in [6.45, 7) is 3.01. The van der Waals surface area contributed by atoms with Crippen LogP contribution in [0.15, 0.2) is 48.7 Å². The Balaban J connectivity index is 1.64. The normalized spacial score (nSPS) is 14.8. The van der Waals surface area contributed by atoms with Gasteiger partial charge in [-0.3, -0.25) is 0 Å². The van der Waals surface area contributed by atoms with E-state index in [1.807, 2.05) is 18.2 Å². The Bertz CT molecular complexity index is 849. The Kier molecular flexibility index (Phi) is 3.96. The van der Waals surface area contributed by atoms with E-state index in [9.17, 15) is 4.39 Å². The molecule has 1 saturated heterocycles. The average molecular weight is 325 g/mol. The van der Waals surface area contributed by atoms with Gasteiger partial charge in [0.25, 0.3) is 0 Å². The van der Waals surface area contributed by atoms with Gasteiger partial charge in [0.1, 0.15) is 17.3 Å². The molecule has 4 rings (SSSR count). The predicted molar refractivity (Wildman–Crippen MR) is 89.0 cm³/mol. The van der Waals surface area contributed by atoms with Gasteiger partial charge < -0.3 is 14.4 Å². The average Bonchev–Trinajstić information content (AvgIpc) is 2.64. The number of fused-ring (bicyclic) bond motifs is 1. The van der Waals surface area contributed by atoms with Crippen molar-refractivity contribution in [3.63, 3.8) is 0 Å². The van der Waals surface area contributed by atoms with E-state index < -0.39 is 0 Å². The summed E-state index contributed by atoms with van der Waals surface area (Å²) in [6, 6.07) is 11.7. The van der Waals surface area contributed by atoms with Gasteiger partial charge in [-0.25, -0.2) is 4.39 Å². The molecule has 0 N–H and O–H groups in total. The van der Waals surface area contributed by atoms with Crippen LogP contribution in [0.1, 0.15) is 0 Å². The van der Waals surface area contributed by atoms with Crippen LogP contribution >= 0.6 is 0 Å². The van der Waals surface area contributed by atoms with Crippen LogP contribution < -0.4 is 9.64 Å². The molecule has 1 aliphatic rings. The maximum absolute atomic E-state index is 13.0. The lowest BCUT2D eigenvalue weighted by molar-refractivity contribution is 0.122. The van der Waals surface area contributed by atoms with Gasteiger partial charge in [0.15, 0.2) is 5.82 Å². The van der Waals surface area contributed by atoms with Crippen molar-refractivity contribution in [1.82, 2.24) is 10.2 Å². The van der Waals surface area contributed by atoms with Crippen molar-refractivity contribution in [2.75, 3.05) is 31.2 Å². The minimum absolute atomic E-state index is 0.286. The van der Waals surface area contributed by atoms with E-state index in [2.05, 4.69) is 15.1 Å². The minimum atomic E-state index is -0.286. The number of benzene rings is 2. The molecule has 1 aliphatic heterocycles. The number of halogens is 1. The predicted octanol–water partition coefficient (Wildman–Crippen LogP) is 3.40. The lowest BCUT2D eigenvalue weighted by atomic mass is 10.1. The molecule has 0 radical (unpaired) electrons. The summed E-state index contributed by atoms with van der Waals surface area (Å²) in [5, 5.41) is 10.4. The molecule has 0 unspecified atom stereocenters. The summed E-state index contributed by atoms with van der Waals surface area (Å²) in [7, 11) is 0. The second-order valence-electron chi connectivity index (χ2n) is 5.57. The van der Waals surface area contributed by atoms with Crippen molar-refractivity contribution >= 4 is 16.6 Å². The highest BCUT2D eigenvalue weighted by atomic mass is 19.1. The monoisotopic (exact) mass is 325 g/mol. The first-order valence-corrected chi connectivity index (χ1v) is 7.81. The third kappa shape index (κ3) is 3.00. The smallest absolute Gasteiger partial charge is 0.159 e. The molecule has 2 aromatic carbocycles. The van der Waals surface area contributed by atoms with Crippen molar-refractivity contribution in [1.29, 1.82) is 0 Å². The van der Waals surface area contributed by atoms with Crippen molar-refractivity contribution < 1.29 is 13.9 Å². The Hall–Kier alpha value is -2.73. The molecule has 0 spiro atoms. The first kappa shape index (κ1) is 14.8. The van der Waals surface area contributed by atoms with Crippen molar-refractivity contribution in [3.8, 4) is 11.5 Å². The summed E-state index contributed by atoms with van der Waals surface area (Å²) >= 11 is 0. The number of aromatic nitrogens is 2. The third-order valence-electron chi connectivity index (χ3n) is 3.97. The van der Waals surface area contributed by atoms with Gasteiger partial charge in [0.2, 0.25) is 0 Å². The van der Waals surface area contributed by atoms with E-state index in [0.29, 0.717) is 24.7 Å². The van der Waals surface area contributed by atoms with Crippen LogP contribution in [0.3, 0.4) is 0 Å². The zero-order valence-electron chi connectivity index (χ0n) is 13.0. The number of hydrogen-bond acceptors (Lipinski definition) is 5. The van der Waals surface area contributed by atoms with E-state index >= 15 is 0 Å². The molecule has 0 saturated carbocycles. The fourth-order valence-corrected chi connectivity index (χ4v) is 2.76. The van der Waals surface area contributed by atoms with Crippen LogP contribution in [0.25, 0.3) is 10.8 Å². The first-order valence-electron chi connectivity index (χ1n) is 7.81. The van der Waals surface area contributed by atoms with Gasteiger partial charge in [0.05, 0.1) is 19.4 Å². The molecule has 1 aromatic heterocycles. The van der Waals surface area contributed by atoms with E-state index in [4.69, 9.17) is 9.47 Å². The molecule has 5 nitrogen and oxygen atoms in total. The summed E-state index contributed by atoms with van der Waals surface area (Å²) in [6.07, 6.45) is 1.72. The number of rotatable bonds is 3. The van der Waals surface area contributed by atoms with E-state index in [1.165, 1.54) is 12.1 Å². The van der Waals surface area contributed by atoms with Crippen LogP contribution in [0.2, 0.25) is 0 Å². The summed E-state index contributed by atoms with van der Waals surface area (Å²) in [4.78, 5) is 2.18. The summed E-state index contributed by atoms with van der Waals surface area (Å²) < 4.78 is 24.1. The van der Waals surface area contributed by atoms with Crippen molar-refractivity contribution in [2.45, 2.75) is 0 Å². The molecule has 3 aromatic rings. The van der Waals surface area contributed by atoms with Crippen LogP contribution in [0.5, 0.6) is 11.5 Å². The van der Waals surface area contributed by atoms with Crippen LogP contribution in [0, 0.1) is 5.82 Å². The summed E-state index contributed by atoms with van der Waals surface area (Å²) in [5.41, 5.74) is 0. The Morgan fingerprint density at radius 1 is 1.00 bits per heavy atom. The van der Waals surface area contributed by atoms with E-state index in [1.54, 1.807) is 18.3 Å². The number of ether oxygens (including phenoxy) is 2. The quantitative estimate of drug-likeness (QED) is 0.739. The molecular weight excluding hydrogens is 309 g/mol. The minimum Gasteiger partial charge on any atom is -0.457 e. The largest absolute Gasteiger partial charge is 0.457 e. The lowest BCUT2D eigenvalue weighted by Gasteiger charge is -2.28. The number of anilines is 1. The molecule has 6 heteroatoms. The number of nitrogens with zero attached hydrogens (tertiary/aromatic N) is 3. The van der Waals surface area contributed by atoms with Gasteiger partial charge in [-0.2, -0.15) is 5.10 Å². The van der Waals surface area contributed by atoms with Gasteiger partial charge in [0, 0.05) is 23.9 Å². The molecule has 0 bridgehead atoms. The lowest BCUT2D eigenvalue weighted by Crippen LogP contribution is -2.37. The van der Waals surface area contributed by atoms with Crippen molar-refractivity contribution in [2.24, 2.45) is 0 Å². The Labute approximate surface area is 138 Å². The van der Waals surface area contributed by atoms with Crippen LogP contribution in [-0.2, 0) is 4.74 Å². The SMILES string of the molecule is Fc1ccc(Oc2ccc3c(N4CCOCC4)nncc3c2)cc1. The maximum Gasteiger partial charge on any atom is 0.159 e. The fraction of sp³-hybridized carbons (Fsp3) is 0.222. The Morgan fingerprint density at radius 2 is 1.75 bits per heavy atom. The van der Waals surface area contributed by atoms with Gasteiger partial charge in [-0.05, 0) is 42.5 Å². The highest BCUT2D eigenvalue weighted by Gasteiger charge is 2.16. The molecule has 1 fully saturated rings. The topological polar surface area (TPSA) is 47.5 Å². The standard InChI is InChI=1S/C18H16FN3O2/c19-14-1-3-15(4-2-14)24-16-5-6-17-13(11-16)12-20-21-18(17)22-7-9-23-10-8-22/h1-6,11-12H,7-10H2. The second kappa shape index (κ2) is 6.41. The van der Waals surface area contributed by atoms with E-state index in [0.717, 1.165) is 29.7 Å². The molecule has 2 heterocycles. The zero-order chi connectivity index (χ0) is 16.4. The second-order valence-corrected chi connectivity index (χ2v) is 5.57. The van der Waals surface area contributed by atoms with Crippen LogP contribution in [-0.4, -0.2) is 36.5 Å². The fourth-order valence-electron chi connectivity index (χ4n) is 2.76. The van der Waals surface area contributed by atoms with Crippen LogP contribution in [0.4, 0.5) is 10.2 Å². The first-order chi connectivity index (χ1) is 11.8. The maximum atomic E-state index is 13.0. The Morgan fingerprint density at radius 3 is 2.54 bits per heavy atom. The summed E-state index contributed by atoms with van der Waals surface area (Å²) in [5.74, 6) is 1.84. The molecule has 122 valence electrons.